The zero-order chi connectivity index (χ0) is 22.5. The van der Waals surface area contributed by atoms with Crippen LogP contribution in [0, 0.1) is 0 Å². The molecule has 0 aliphatic rings. The molecule has 2 aromatic heterocycles. The fraction of sp³-hybridized carbons (Fsp3) is 0.263. The highest BCUT2D eigenvalue weighted by atomic mass is 19.4. The molecule has 0 radical (unpaired) electrons. The Hall–Kier alpha value is -3.63. The predicted octanol–water partition coefficient (Wildman–Crippen LogP) is 3.35. The first-order valence-corrected chi connectivity index (χ1v) is 8.74. The van der Waals surface area contributed by atoms with E-state index < -0.39 is 11.7 Å². The Morgan fingerprint density at radius 2 is 1.90 bits per heavy atom. The van der Waals surface area contributed by atoms with Crippen LogP contribution in [0.25, 0.3) is 10.9 Å². The first-order chi connectivity index (χ1) is 14.0. The van der Waals surface area contributed by atoms with Gasteiger partial charge in [0, 0.05) is 14.0 Å². The molecule has 160 valence electrons. The second-order valence-electron chi connectivity index (χ2n) is 6.46. The molecule has 0 fully saturated rings. The second-order valence-corrected chi connectivity index (χ2v) is 6.46. The van der Waals surface area contributed by atoms with Crippen molar-refractivity contribution in [2.45, 2.75) is 26.1 Å². The van der Waals surface area contributed by atoms with Gasteiger partial charge in [0.15, 0.2) is 0 Å². The number of amides is 2. The smallest absolute Gasteiger partial charge is 0.383 e. The minimum absolute atomic E-state index is 0.160. The SMILES string of the molecule is CC(=O)Nc1cnc(N)c2cn[nH]c12.CC(c1ccc(C(F)(F)F)cc1)N(C)C=O. The van der Waals surface area contributed by atoms with E-state index in [-0.39, 0.29) is 11.9 Å². The number of nitrogens with two attached hydrogens (primary N) is 1. The van der Waals surface area contributed by atoms with Crippen molar-refractivity contribution in [2.24, 2.45) is 0 Å². The number of hydrogen-bond acceptors (Lipinski definition) is 5. The van der Waals surface area contributed by atoms with Crippen LogP contribution >= 0.6 is 0 Å². The summed E-state index contributed by atoms with van der Waals surface area (Å²) >= 11 is 0. The van der Waals surface area contributed by atoms with Crippen molar-refractivity contribution >= 4 is 34.7 Å². The lowest BCUT2D eigenvalue weighted by Crippen LogP contribution is -2.20. The monoisotopic (exact) mass is 422 g/mol. The van der Waals surface area contributed by atoms with Gasteiger partial charge in [-0.2, -0.15) is 18.3 Å². The minimum Gasteiger partial charge on any atom is -0.383 e. The summed E-state index contributed by atoms with van der Waals surface area (Å²) in [7, 11) is 1.58. The highest BCUT2D eigenvalue weighted by Gasteiger charge is 2.30. The molecule has 8 nitrogen and oxygen atoms in total. The lowest BCUT2D eigenvalue weighted by atomic mass is 10.1. The molecule has 2 heterocycles. The summed E-state index contributed by atoms with van der Waals surface area (Å²) in [6.45, 7) is 3.18. The standard InChI is InChI=1S/C11H12F3NO.C8H9N5O/c1-8(15(2)7-16)9-3-5-10(6-4-9)11(12,13)14;1-4(14)12-6-3-10-8(9)5-2-11-13-7(5)6/h3-8H,1-2H3;2-3H,1H3,(H2,9,10)(H,11,13)(H,12,14). The number of nitrogens with zero attached hydrogens (tertiary/aromatic N) is 3. The van der Waals surface area contributed by atoms with Gasteiger partial charge in [-0.3, -0.25) is 14.7 Å². The number of anilines is 2. The van der Waals surface area contributed by atoms with Crippen LogP contribution in [0.4, 0.5) is 24.7 Å². The molecule has 0 aliphatic carbocycles. The van der Waals surface area contributed by atoms with Crippen LogP contribution in [-0.4, -0.2) is 39.4 Å². The normalized spacial score (nSPS) is 11.9. The average molecular weight is 422 g/mol. The number of fused-ring (bicyclic) bond motifs is 1. The van der Waals surface area contributed by atoms with Crippen molar-refractivity contribution < 1.29 is 22.8 Å². The van der Waals surface area contributed by atoms with E-state index >= 15 is 0 Å². The van der Waals surface area contributed by atoms with Gasteiger partial charge in [-0.1, -0.05) is 12.1 Å². The Bertz CT molecular complexity index is 1020. The molecule has 11 heteroatoms. The predicted molar refractivity (Wildman–Crippen MR) is 106 cm³/mol. The summed E-state index contributed by atoms with van der Waals surface area (Å²) < 4.78 is 36.8. The van der Waals surface area contributed by atoms with Crippen LogP contribution in [-0.2, 0) is 15.8 Å². The first kappa shape index (κ1) is 22.7. The van der Waals surface area contributed by atoms with Crippen LogP contribution < -0.4 is 11.1 Å². The molecule has 3 aromatic rings. The number of pyridine rings is 1. The Labute approximate surface area is 170 Å². The fourth-order valence-electron chi connectivity index (χ4n) is 2.52. The number of hydrogen-bond donors (Lipinski definition) is 3. The Morgan fingerprint density at radius 3 is 2.43 bits per heavy atom. The molecule has 1 unspecified atom stereocenters. The molecule has 0 saturated heterocycles. The van der Waals surface area contributed by atoms with Crippen molar-refractivity contribution in [3.05, 3.63) is 47.8 Å². The summed E-state index contributed by atoms with van der Waals surface area (Å²) in [4.78, 5) is 26.7. The van der Waals surface area contributed by atoms with Crippen molar-refractivity contribution in [3.63, 3.8) is 0 Å². The number of halogens is 3. The third kappa shape index (κ3) is 5.46. The summed E-state index contributed by atoms with van der Waals surface area (Å²) in [6, 6.07) is 4.57. The fourth-order valence-corrected chi connectivity index (χ4v) is 2.52. The van der Waals surface area contributed by atoms with E-state index in [1.165, 1.54) is 30.2 Å². The molecule has 1 aromatic carbocycles. The molecule has 4 N–H and O–H groups in total. The lowest BCUT2D eigenvalue weighted by molar-refractivity contribution is -0.137. The summed E-state index contributed by atoms with van der Waals surface area (Å²) in [5, 5.41) is 9.92. The minimum atomic E-state index is -4.32. The maximum absolute atomic E-state index is 12.3. The molecule has 0 saturated carbocycles. The highest BCUT2D eigenvalue weighted by molar-refractivity contribution is 6.01. The number of aromatic amines is 1. The van der Waals surface area contributed by atoms with Crippen LogP contribution in [0.3, 0.4) is 0 Å². The van der Waals surface area contributed by atoms with Gasteiger partial charge >= 0.3 is 6.18 Å². The quantitative estimate of drug-likeness (QED) is 0.558. The van der Waals surface area contributed by atoms with E-state index in [0.717, 1.165) is 12.1 Å². The molecule has 30 heavy (non-hydrogen) atoms. The van der Waals surface area contributed by atoms with E-state index in [9.17, 15) is 22.8 Å². The Kier molecular flexibility index (Phi) is 6.98. The van der Waals surface area contributed by atoms with Crippen LogP contribution in [0.1, 0.15) is 31.0 Å². The number of carbonyl (C=O) groups excluding carboxylic acids is 2. The number of nitrogen functional groups attached to an aromatic ring is 1. The van der Waals surface area contributed by atoms with E-state index in [0.29, 0.717) is 34.4 Å². The third-order valence-corrected chi connectivity index (χ3v) is 4.33. The zero-order valence-electron chi connectivity index (χ0n) is 16.5. The number of alkyl halides is 3. The summed E-state index contributed by atoms with van der Waals surface area (Å²) in [5.41, 5.74) is 6.87. The molecule has 3 rings (SSSR count). The number of nitrogens with one attached hydrogen (secondary N) is 2. The van der Waals surface area contributed by atoms with Gasteiger partial charge in [-0.15, -0.1) is 0 Å². The number of carbonyl (C=O) groups is 2. The van der Waals surface area contributed by atoms with E-state index in [1.807, 2.05) is 0 Å². The van der Waals surface area contributed by atoms with Gasteiger partial charge in [0.25, 0.3) is 0 Å². The molecule has 0 spiro atoms. The van der Waals surface area contributed by atoms with Crippen LogP contribution in [0.5, 0.6) is 0 Å². The molecule has 2 amide bonds. The van der Waals surface area contributed by atoms with Crippen molar-refractivity contribution in [3.8, 4) is 0 Å². The van der Waals surface area contributed by atoms with E-state index in [4.69, 9.17) is 5.73 Å². The molecule has 1 atom stereocenters. The van der Waals surface area contributed by atoms with Gasteiger partial charge in [0.05, 0.1) is 40.6 Å². The van der Waals surface area contributed by atoms with Gasteiger partial charge in [0.2, 0.25) is 12.3 Å². The topological polar surface area (TPSA) is 117 Å². The largest absolute Gasteiger partial charge is 0.416 e. The van der Waals surface area contributed by atoms with Gasteiger partial charge in [-0.25, -0.2) is 4.98 Å². The second kappa shape index (κ2) is 9.25. The highest BCUT2D eigenvalue weighted by Crippen LogP contribution is 2.30. The molecule has 0 bridgehead atoms. The van der Waals surface area contributed by atoms with Crippen molar-refractivity contribution in [2.75, 3.05) is 18.1 Å². The van der Waals surface area contributed by atoms with Crippen LogP contribution in [0.15, 0.2) is 36.7 Å². The summed E-state index contributed by atoms with van der Waals surface area (Å²) in [6.07, 6.45) is -0.610. The van der Waals surface area contributed by atoms with Gasteiger partial charge in [-0.05, 0) is 24.6 Å². The van der Waals surface area contributed by atoms with Crippen LogP contribution in [0.2, 0.25) is 0 Å². The van der Waals surface area contributed by atoms with Crippen molar-refractivity contribution in [1.29, 1.82) is 0 Å². The lowest BCUT2D eigenvalue weighted by Gasteiger charge is -2.20. The average Bonchev–Trinajstić information content (AvgIpc) is 3.20. The zero-order valence-corrected chi connectivity index (χ0v) is 16.5. The molecular weight excluding hydrogens is 401 g/mol. The first-order valence-electron chi connectivity index (χ1n) is 8.74. The van der Waals surface area contributed by atoms with Gasteiger partial charge < -0.3 is 16.0 Å². The maximum atomic E-state index is 12.3. The third-order valence-electron chi connectivity index (χ3n) is 4.33. The van der Waals surface area contributed by atoms with Gasteiger partial charge in [0.1, 0.15) is 5.82 Å². The number of benzene rings is 1. The number of H-pyrrole nitrogens is 1. The Morgan fingerprint density at radius 1 is 1.27 bits per heavy atom. The molecule has 0 aliphatic heterocycles. The number of aromatic nitrogens is 3. The van der Waals surface area contributed by atoms with E-state index in [1.54, 1.807) is 20.2 Å². The molecular formula is C19H21F3N6O2. The maximum Gasteiger partial charge on any atom is 0.416 e. The Balaban J connectivity index is 0.000000215. The van der Waals surface area contributed by atoms with Crippen molar-refractivity contribution in [1.82, 2.24) is 20.1 Å². The summed E-state index contributed by atoms with van der Waals surface area (Å²) in [5.74, 6) is 0.232. The number of rotatable bonds is 4. The van der Waals surface area contributed by atoms with E-state index in [2.05, 4.69) is 20.5 Å².